The van der Waals surface area contributed by atoms with E-state index in [9.17, 15) is 9.59 Å². The first-order valence-electron chi connectivity index (χ1n) is 7.27. The molecular weight excluding hydrogens is 274 g/mol. The van der Waals surface area contributed by atoms with Crippen LogP contribution in [-0.4, -0.2) is 36.2 Å². The SMILES string of the molecule is Cc1cc(NC(=O)C2CC2C(=O)NCC2CCCO2)no1. The highest BCUT2D eigenvalue weighted by atomic mass is 16.5. The minimum absolute atomic E-state index is 0.0676. The van der Waals surface area contributed by atoms with Crippen LogP contribution in [0.4, 0.5) is 5.82 Å². The third kappa shape index (κ3) is 3.41. The van der Waals surface area contributed by atoms with Crippen molar-refractivity contribution < 1.29 is 18.8 Å². The maximum Gasteiger partial charge on any atom is 0.229 e. The van der Waals surface area contributed by atoms with Crippen molar-refractivity contribution in [3.8, 4) is 0 Å². The van der Waals surface area contributed by atoms with Gasteiger partial charge in [-0.2, -0.15) is 0 Å². The van der Waals surface area contributed by atoms with E-state index in [-0.39, 0.29) is 29.8 Å². The lowest BCUT2D eigenvalue weighted by atomic mass is 10.2. The molecule has 3 atom stereocenters. The van der Waals surface area contributed by atoms with Crippen LogP contribution in [0.15, 0.2) is 10.6 Å². The number of ether oxygens (including phenoxy) is 1. The molecule has 1 aliphatic carbocycles. The first-order valence-corrected chi connectivity index (χ1v) is 7.27. The summed E-state index contributed by atoms with van der Waals surface area (Å²) in [4.78, 5) is 23.9. The second-order valence-electron chi connectivity index (χ2n) is 5.64. The minimum Gasteiger partial charge on any atom is -0.376 e. The summed E-state index contributed by atoms with van der Waals surface area (Å²) in [5, 5.41) is 9.22. The third-order valence-corrected chi connectivity index (χ3v) is 3.87. The molecule has 7 heteroatoms. The van der Waals surface area contributed by atoms with Crippen molar-refractivity contribution in [1.29, 1.82) is 0 Å². The molecule has 1 saturated heterocycles. The van der Waals surface area contributed by atoms with E-state index in [0.29, 0.717) is 24.5 Å². The van der Waals surface area contributed by atoms with Crippen LogP contribution in [0.5, 0.6) is 0 Å². The molecule has 1 aromatic rings. The molecule has 0 aromatic carbocycles. The molecule has 114 valence electrons. The van der Waals surface area contributed by atoms with Gasteiger partial charge < -0.3 is 19.9 Å². The highest BCUT2D eigenvalue weighted by Crippen LogP contribution is 2.39. The Morgan fingerprint density at radius 2 is 2.19 bits per heavy atom. The fraction of sp³-hybridized carbons (Fsp3) is 0.643. The van der Waals surface area contributed by atoms with E-state index in [1.807, 2.05) is 0 Å². The second-order valence-corrected chi connectivity index (χ2v) is 5.64. The highest BCUT2D eigenvalue weighted by molar-refractivity contribution is 5.99. The number of carbonyl (C=O) groups is 2. The molecule has 2 N–H and O–H groups in total. The number of hydrogen-bond acceptors (Lipinski definition) is 5. The summed E-state index contributed by atoms with van der Waals surface area (Å²) in [6.07, 6.45) is 2.74. The predicted octanol–water partition coefficient (Wildman–Crippen LogP) is 0.853. The largest absolute Gasteiger partial charge is 0.376 e. The summed E-state index contributed by atoms with van der Waals surface area (Å²) < 4.78 is 10.3. The number of carbonyl (C=O) groups excluding carboxylic acids is 2. The van der Waals surface area contributed by atoms with Gasteiger partial charge in [0, 0.05) is 19.2 Å². The number of nitrogens with one attached hydrogen (secondary N) is 2. The quantitative estimate of drug-likeness (QED) is 0.839. The monoisotopic (exact) mass is 293 g/mol. The van der Waals surface area contributed by atoms with Gasteiger partial charge in [-0.25, -0.2) is 0 Å². The molecule has 2 aliphatic rings. The highest BCUT2D eigenvalue weighted by Gasteiger charge is 2.48. The van der Waals surface area contributed by atoms with Crippen LogP contribution in [0.3, 0.4) is 0 Å². The molecular formula is C14H19N3O4. The lowest BCUT2D eigenvalue weighted by Gasteiger charge is -2.10. The summed E-state index contributed by atoms with van der Waals surface area (Å²) in [7, 11) is 0. The Hall–Kier alpha value is -1.89. The molecule has 1 saturated carbocycles. The van der Waals surface area contributed by atoms with Gasteiger partial charge in [-0.1, -0.05) is 5.16 Å². The topological polar surface area (TPSA) is 93.5 Å². The number of aryl methyl sites for hydroxylation is 1. The van der Waals surface area contributed by atoms with E-state index in [1.54, 1.807) is 13.0 Å². The van der Waals surface area contributed by atoms with Crippen LogP contribution in [-0.2, 0) is 14.3 Å². The van der Waals surface area contributed by atoms with Crippen molar-refractivity contribution in [3.05, 3.63) is 11.8 Å². The molecule has 0 radical (unpaired) electrons. The van der Waals surface area contributed by atoms with E-state index in [0.717, 1.165) is 19.4 Å². The lowest BCUT2D eigenvalue weighted by Crippen LogP contribution is -2.33. The Morgan fingerprint density at radius 1 is 1.38 bits per heavy atom. The van der Waals surface area contributed by atoms with E-state index in [1.165, 1.54) is 0 Å². The molecule has 0 spiro atoms. The number of anilines is 1. The van der Waals surface area contributed by atoms with Crippen molar-refractivity contribution in [2.75, 3.05) is 18.5 Å². The fourth-order valence-corrected chi connectivity index (χ4v) is 2.57. The summed E-state index contributed by atoms with van der Waals surface area (Å²) in [6, 6.07) is 1.65. The lowest BCUT2D eigenvalue weighted by molar-refractivity contribution is -0.125. The van der Waals surface area contributed by atoms with Gasteiger partial charge in [-0.05, 0) is 26.2 Å². The molecule has 2 fully saturated rings. The molecule has 1 aromatic heterocycles. The predicted molar refractivity (Wildman–Crippen MR) is 73.5 cm³/mol. The summed E-state index contributed by atoms with van der Waals surface area (Å²) >= 11 is 0. The Kier molecular flexibility index (Phi) is 3.92. The number of amides is 2. The van der Waals surface area contributed by atoms with Gasteiger partial charge in [0.05, 0.1) is 17.9 Å². The van der Waals surface area contributed by atoms with Gasteiger partial charge in [0.25, 0.3) is 0 Å². The van der Waals surface area contributed by atoms with E-state index in [4.69, 9.17) is 9.26 Å². The van der Waals surface area contributed by atoms with Crippen LogP contribution in [0, 0.1) is 18.8 Å². The van der Waals surface area contributed by atoms with E-state index < -0.39 is 0 Å². The second kappa shape index (κ2) is 5.85. The zero-order valence-corrected chi connectivity index (χ0v) is 11.9. The van der Waals surface area contributed by atoms with Gasteiger partial charge in [0.1, 0.15) is 5.76 Å². The number of hydrogen-bond donors (Lipinski definition) is 2. The van der Waals surface area contributed by atoms with Gasteiger partial charge >= 0.3 is 0 Å². The van der Waals surface area contributed by atoms with Crippen LogP contribution >= 0.6 is 0 Å². The van der Waals surface area contributed by atoms with Gasteiger partial charge in [0.15, 0.2) is 5.82 Å². The van der Waals surface area contributed by atoms with E-state index in [2.05, 4.69) is 15.8 Å². The number of rotatable bonds is 5. The van der Waals surface area contributed by atoms with Crippen LogP contribution in [0.1, 0.15) is 25.0 Å². The first-order chi connectivity index (χ1) is 10.1. The minimum atomic E-state index is -0.272. The molecule has 1 aliphatic heterocycles. The van der Waals surface area contributed by atoms with Crippen molar-refractivity contribution >= 4 is 17.6 Å². The van der Waals surface area contributed by atoms with Crippen LogP contribution in [0.2, 0.25) is 0 Å². The van der Waals surface area contributed by atoms with Gasteiger partial charge in [0.2, 0.25) is 11.8 Å². The third-order valence-electron chi connectivity index (χ3n) is 3.87. The van der Waals surface area contributed by atoms with Gasteiger partial charge in [-0.15, -0.1) is 0 Å². The molecule has 2 amide bonds. The molecule has 0 bridgehead atoms. The normalized spacial score (nSPS) is 27.4. The van der Waals surface area contributed by atoms with Crippen LogP contribution in [0.25, 0.3) is 0 Å². The molecule has 2 heterocycles. The summed E-state index contributed by atoms with van der Waals surface area (Å²) in [5.41, 5.74) is 0. The maximum absolute atomic E-state index is 12.0. The Balaban J connectivity index is 1.42. The Bertz CT molecular complexity index is 536. The number of nitrogens with zero attached hydrogens (tertiary/aromatic N) is 1. The smallest absolute Gasteiger partial charge is 0.229 e. The maximum atomic E-state index is 12.0. The average Bonchev–Trinajstić information content (AvgIpc) is 2.90. The Morgan fingerprint density at radius 3 is 2.86 bits per heavy atom. The molecule has 7 nitrogen and oxygen atoms in total. The van der Waals surface area contributed by atoms with Crippen molar-refractivity contribution in [1.82, 2.24) is 10.5 Å². The summed E-state index contributed by atoms with van der Waals surface area (Å²) in [5.74, 6) is 0.267. The fourth-order valence-electron chi connectivity index (χ4n) is 2.57. The molecule has 3 unspecified atom stereocenters. The van der Waals surface area contributed by atoms with Gasteiger partial charge in [-0.3, -0.25) is 9.59 Å². The first kappa shape index (κ1) is 14.1. The molecule has 21 heavy (non-hydrogen) atoms. The molecule has 3 rings (SSSR count). The summed E-state index contributed by atoms with van der Waals surface area (Å²) in [6.45, 7) is 3.05. The van der Waals surface area contributed by atoms with Crippen molar-refractivity contribution in [2.24, 2.45) is 11.8 Å². The average molecular weight is 293 g/mol. The number of aromatic nitrogens is 1. The van der Waals surface area contributed by atoms with Crippen molar-refractivity contribution in [3.63, 3.8) is 0 Å². The van der Waals surface area contributed by atoms with Crippen LogP contribution < -0.4 is 10.6 Å². The van der Waals surface area contributed by atoms with Crippen molar-refractivity contribution in [2.45, 2.75) is 32.3 Å². The standard InChI is InChI=1S/C14H19N3O4/c1-8-5-12(17-21-8)16-14(19)11-6-10(11)13(18)15-7-9-3-2-4-20-9/h5,9-11H,2-4,6-7H2,1H3,(H,15,18)(H,16,17,19). The zero-order chi connectivity index (χ0) is 14.8. The Labute approximate surface area is 122 Å². The zero-order valence-electron chi connectivity index (χ0n) is 11.9. The van der Waals surface area contributed by atoms with E-state index >= 15 is 0 Å².